The molecule has 0 aromatic heterocycles. The van der Waals surface area contributed by atoms with E-state index in [1.807, 2.05) is 4.90 Å². The highest BCUT2D eigenvalue weighted by molar-refractivity contribution is 5.78. The third-order valence-electron chi connectivity index (χ3n) is 5.70. The quantitative estimate of drug-likeness (QED) is 0.699. The summed E-state index contributed by atoms with van der Waals surface area (Å²) in [6.45, 7) is 1.79. The summed E-state index contributed by atoms with van der Waals surface area (Å²) in [4.78, 5) is 26.3. The molecule has 3 rings (SSSR count). The first-order valence-corrected chi connectivity index (χ1v) is 10.4. The average Bonchev–Trinajstić information content (AvgIpc) is 2.73. The maximum atomic E-state index is 13.6. The van der Waals surface area contributed by atoms with Crippen molar-refractivity contribution in [3.05, 3.63) is 35.6 Å². The molecule has 0 atom stereocenters. The number of hydrogen-bond donors (Lipinski definition) is 3. The van der Waals surface area contributed by atoms with Gasteiger partial charge < -0.3 is 20.9 Å². The lowest BCUT2D eigenvalue weighted by atomic mass is 9.95. The fourth-order valence-corrected chi connectivity index (χ4v) is 3.93. The van der Waals surface area contributed by atoms with E-state index in [1.165, 1.54) is 25.3 Å². The van der Waals surface area contributed by atoms with E-state index in [4.69, 9.17) is 0 Å². The van der Waals surface area contributed by atoms with Gasteiger partial charge in [-0.2, -0.15) is 0 Å². The summed E-state index contributed by atoms with van der Waals surface area (Å²) in [5, 5.41) is 9.15. The number of carbonyl (C=O) groups excluding carboxylic acids is 2. The van der Waals surface area contributed by atoms with Gasteiger partial charge in [0.05, 0.1) is 6.54 Å². The second kappa shape index (κ2) is 10.4. The number of amides is 3. The predicted octanol–water partition coefficient (Wildman–Crippen LogP) is 2.54. The summed E-state index contributed by atoms with van der Waals surface area (Å²) in [7, 11) is 0. The van der Waals surface area contributed by atoms with Crippen LogP contribution >= 0.6 is 0 Å². The highest BCUT2D eigenvalue weighted by Crippen LogP contribution is 2.18. The van der Waals surface area contributed by atoms with E-state index < -0.39 is 0 Å². The molecule has 0 spiro atoms. The van der Waals surface area contributed by atoms with Crippen molar-refractivity contribution in [1.82, 2.24) is 20.9 Å². The molecule has 1 heterocycles. The Kier molecular flexibility index (Phi) is 7.65. The number of hydrogen-bond acceptors (Lipinski definition) is 3. The molecular weight excluding hydrogens is 359 g/mol. The first kappa shape index (κ1) is 20.6. The van der Waals surface area contributed by atoms with Gasteiger partial charge in [0.1, 0.15) is 5.82 Å². The number of nitrogens with one attached hydrogen (secondary N) is 3. The van der Waals surface area contributed by atoms with Crippen LogP contribution in [0.25, 0.3) is 0 Å². The van der Waals surface area contributed by atoms with Crippen LogP contribution in [0.3, 0.4) is 0 Å². The summed E-state index contributed by atoms with van der Waals surface area (Å²) < 4.78 is 13.6. The lowest BCUT2D eigenvalue weighted by molar-refractivity contribution is -0.120. The molecule has 0 bridgehead atoms. The molecule has 1 saturated carbocycles. The zero-order valence-corrected chi connectivity index (χ0v) is 16.4. The smallest absolute Gasteiger partial charge is 0.317 e. The highest BCUT2D eigenvalue weighted by atomic mass is 19.1. The van der Waals surface area contributed by atoms with Gasteiger partial charge in [0, 0.05) is 37.3 Å². The van der Waals surface area contributed by atoms with Crippen molar-refractivity contribution in [2.24, 2.45) is 0 Å². The largest absolute Gasteiger partial charge is 0.351 e. The predicted molar refractivity (Wildman–Crippen MR) is 106 cm³/mol. The molecule has 1 aliphatic carbocycles. The number of nitrogens with zero attached hydrogens (tertiary/aromatic N) is 1. The van der Waals surface area contributed by atoms with Crippen molar-refractivity contribution in [3.8, 4) is 0 Å². The van der Waals surface area contributed by atoms with E-state index in [2.05, 4.69) is 16.0 Å². The van der Waals surface area contributed by atoms with Crippen molar-refractivity contribution in [2.75, 3.05) is 19.6 Å². The molecule has 0 radical (unpaired) electrons. The summed E-state index contributed by atoms with van der Waals surface area (Å²) in [6, 6.07) is 7.03. The molecule has 1 aliphatic heterocycles. The van der Waals surface area contributed by atoms with Gasteiger partial charge >= 0.3 is 6.03 Å². The third kappa shape index (κ3) is 6.19. The average molecular weight is 391 g/mol. The Labute approximate surface area is 166 Å². The number of rotatable bonds is 6. The summed E-state index contributed by atoms with van der Waals surface area (Å²) in [5.41, 5.74) is 0.480. The molecule has 0 unspecified atom stereocenters. The molecule has 1 aromatic rings. The van der Waals surface area contributed by atoms with Gasteiger partial charge in [0.25, 0.3) is 0 Å². The minimum absolute atomic E-state index is 0.0491. The van der Waals surface area contributed by atoms with E-state index in [-0.39, 0.29) is 36.9 Å². The van der Waals surface area contributed by atoms with Gasteiger partial charge in [-0.3, -0.25) is 4.79 Å². The lowest BCUT2D eigenvalue weighted by Crippen LogP contribution is -2.51. The number of benzene rings is 1. The molecule has 2 fully saturated rings. The van der Waals surface area contributed by atoms with Gasteiger partial charge in [-0.25, -0.2) is 9.18 Å². The number of piperidine rings is 1. The van der Waals surface area contributed by atoms with Gasteiger partial charge in [-0.1, -0.05) is 37.5 Å². The minimum atomic E-state index is -0.311. The van der Waals surface area contributed by atoms with Crippen LogP contribution < -0.4 is 16.0 Å². The van der Waals surface area contributed by atoms with E-state index >= 15 is 0 Å². The monoisotopic (exact) mass is 390 g/mol. The first-order chi connectivity index (χ1) is 13.6. The van der Waals surface area contributed by atoms with Crippen molar-refractivity contribution in [3.63, 3.8) is 0 Å². The Morgan fingerprint density at radius 2 is 1.71 bits per heavy atom. The highest BCUT2D eigenvalue weighted by Gasteiger charge is 2.25. The minimum Gasteiger partial charge on any atom is -0.351 e. The zero-order chi connectivity index (χ0) is 19.8. The fourth-order valence-electron chi connectivity index (χ4n) is 3.93. The Bertz CT molecular complexity index is 656. The molecule has 7 heteroatoms. The van der Waals surface area contributed by atoms with E-state index in [9.17, 15) is 14.0 Å². The molecular formula is C21H31FN4O2. The number of carbonyl (C=O) groups is 2. The Morgan fingerprint density at radius 3 is 2.43 bits per heavy atom. The summed E-state index contributed by atoms with van der Waals surface area (Å²) in [5.74, 6) is -0.463. The first-order valence-electron chi connectivity index (χ1n) is 10.4. The maximum Gasteiger partial charge on any atom is 0.317 e. The van der Waals surface area contributed by atoms with Crippen LogP contribution in [0, 0.1) is 5.82 Å². The Balaban J connectivity index is 1.31. The standard InChI is InChI=1S/C21H31FN4O2/c22-19-9-5-4-6-16(19)14-24-20(27)15-23-17-10-12-26(13-11-17)21(28)25-18-7-2-1-3-8-18/h4-6,9,17-18,23H,1-3,7-8,10-15H2,(H,24,27)(H,25,28). The maximum absolute atomic E-state index is 13.6. The van der Waals surface area contributed by atoms with Crippen molar-refractivity contribution < 1.29 is 14.0 Å². The van der Waals surface area contributed by atoms with Crippen LogP contribution in [0.2, 0.25) is 0 Å². The van der Waals surface area contributed by atoms with E-state index in [1.54, 1.807) is 18.2 Å². The zero-order valence-electron chi connectivity index (χ0n) is 16.4. The topological polar surface area (TPSA) is 73.5 Å². The molecule has 3 amide bonds. The molecule has 3 N–H and O–H groups in total. The number of likely N-dealkylation sites (tertiary alicyclic amines) is 1. The van der Waals surface area contributed by atoms with Crippen LogP contribution in [0.1, 0.15) is 50.5 Å². The Hall–Kier alpha value is -2.15. The second-order valence-corrected chi connectivity index (χ2v) is 7.79. The third-order valence-corrected chi connectivity index (χ3v) is 5.70. The van der Waals surface area contributed by atoms with Crippen molar-refractivity contribution in [1.29, 1.82) is 0 Å². The summed E-state index contributed by atoms with van der Waals surface area (Å²) >= 11 is 0. The second-order valence-electron chi connectivity index (χ2n) is 7.79. The fraction of sp³-hybridized carbons (Fsp3) is 0.619. The van der Waals surface area contributed by atoms with Crippen LogP contribution in [-0.4, -0.2) is 48.6 Å². The number of halogens is 1. The lowest BCUT2D eigenvalue weighted by Gasteiger charge is -2.34. The van der Waals surface area contributed by atoms with E-state index in [0.717, 1.165) is 25.7 Å². The molecule has 1 saturated heterocycles. The Morgan fingerprint density at radius 1 is 1.00 bits per heavy atom. The van der Waals surface area contributed by atoms with Gasteiger partial charge in [-0.15, -0.1) is 0 Å². The molecule has 1 aromatic carbocycles. The van der Waals surface area contributed by atoms with E-state index in [0.29, 0.717) is 24.7 Å². The molecule has 2 aliphatic rings. The number of urea groups is 1. The van der Waals surface area contributed by atoms with Crippen LogP contribution in [0.15, 0.2) is 24.3 Å². The van der Waals surface area contributed by atoms with Crippen molar-refractivity contribution >= 4 is 11.9 Å². The normalized spacial score (nSPS) is 18.7. The van der Waals surface area contributed by atoms with Crippen LogP contribution in [0.4, 0.5) is 9.18 Å². The van der Waals surface area contributed by atoms with Crippen LogP contribution in [0.5, 0.6) is 0 Å². The summed E-state index contributed by atoms with van der Waals surface area (Å²) in [6.07, 6.45) is 7.53. The molecule has 154 valence electrons. The van der Waals surface area contributed by atoms with Gasteiger partial charge in [0.15, 0.2) is 0 Å². The molecule has 28 heavy (non-hydrogen) atoms. The van der Waals surface area contributed by atoms with Crippen LogP contribution in [-0.2, 0) is 11.3 Å². The molecule has 6 nitrogen and oxygen atoms in total. The van der Waals surface area contributed by atoms with Gasteiger partial charge in [-0.05, 0) is 31.7 Å². The SMILES string of the molecule is O=C(CNC1CCN(C(=O)NC2CCCCC2)CC1)NCc1ccccc1F. The van der Waals surface area contributed by atoms with Gasteiger partial charge in [0.2, 0.25) is 5.91 Å². The van der Waals surface area contributed by atoms with Crippen molar-refractivity contribution in [2.45, 2.75) is 63.6 Å².